The van der Waals surface area contributed by atoms with Crippen LogP contribution in [0.3, 0.4) is 0 Å². The number of nitrogens with one attached hydrogen (secondary N) is 1. The highest BCUT2D eigenvalue weighted by molar-refractivity contribution is 5.81. The molecule has 1 N–H and O–H groups in total. The SMILES string of the molecule is O=C(Cn1ncc2ccccc21)NC[C@@H](c1ccccn1)N1CCOCC1. The minimum Gasteiger partial charge on any atom is -0.379 e. The molecule has 3 heterocycles. The lowest BCUT2D eigenvalue weighted by atomic mass is 10.1. The van der Waals surface area contributed by atoms with Gasteiger partial charge >= 0.3 is 0 Å². The minimum atomic E-state index is -0.0574. The average molecular weight is 365 g/mol. The molecule has 2 aromatic heterocycles. The van der Waals surface area contributed by atoms with Crippen molar-refractivity contribution < 1.29 is 9.53 Å². The van der Waals surface area contributed by atoms with E-state index in [2.05, 4.69) is 20.3 Å². The number of amides is 1. The maximum atomic E-state index is 12.5. The molecule has 3 aromatic rings. The van der Waals surface area contributed by atoms with Crippen LogP contribution in [-0.2, 0) is 16.1 Å². The van der Waals surface area contributed by atoms with E-state index in [1.807, 2.05) is 42.5 Å². The Hall–Kier alpha value is -2.77. The van der Waals surface area contributed by atoms with Crippen LogP contribution in [0.4, 0.5) is 0 Å². The van der Waals surface area contributed by atoms with Crippen LogP contribution < -0.4 is 5.32 Å². The number of rotatable bonds is 6. The molecule has 1 atom stereocenters. The molecule has 1 aliphatic heterocycles. The summed E-state index contributed by atoms with van der Waals surface area (Å²) in [6, 6.07) is 13.8. The van der Waals surface area contributed by atoms with Crippen molar-refractivity contribution in [3.8, 4) is 0 Å². The summed E-state index contributed by atoms with van der Waals surface area (Å²) in [4.78, 5) is 19.3. The van der Waals surface area contributed by atoms with E-state index < -0.39 is 0 Å². The molecule has 0 saturated carbocycles. The molecule has 0 radical (unpaired) electrons. The van der Waals surface area contributed by atoms with Gasteiger partial charge in [0.2, 0.25) is 5.91 Å². The van der Waals surface area contributed by atoms with Crippen molar-refractivity contribution >= 4 is 16.8 Å². The van der Waals surface area contributed by atoms with Crippen LogP contribution in [0, 0.1) is 0 Å². The van der Waals surface area contributed by atoms with E-state index in [-0.39, 0.29) is 18.5 Å². The van der Waals surface area contributed by atoms with Gasteiger partial charge in [-0.15, -0.1) is 0 Å². The van der Waals surface area contributed by atoms with E-state index in [4.69, 9.17) is 4.74 Å². The average Bonchev–Trinajstić information content (AvgIpc) is 3.13. The van der Waals surface area contributed by atoms with Crippen LogP contribution in [0.2, 0.25) is 0 Å². The molecule has 1 aliphatic rings. The fraction of sp³-hybridized carbons (Fsp3) is 0.350. The van der Waals surface area contributed by atoms with Crippen molar-refractivity contribution in [2.75, 3.05) is 32.8 Å². The van der Waals surface area contributed by atoms with Gasteiger partial charge in [-0.25, -0.2) is 0 Å². The first-order valence-electron chi connectivity index (χ1n) is 9.21. The van der Waals surface area contributed by atoms with E-state index in [0.29, 0.717) is 19.8 Å². The van der Waals surface area contributed by atoms with Gasteiger partial charge in [-0.3, -0.25) is 19.4 Å². The highest BCUT2D eigenvalue weighted by atomic mass is 16.5. The van der Waals surface area contributed by atoms with Gasteiger partial charge in [-0.05, 0) is 18.2 Å². The van der Waals surface area contributed by atoms with Gasteiger partial charge in [0.15, 0.2) is 0 Å². The molecule has 1 fully saturated rings. The van der Waals surface area contributed by atoms with Crippen molar-refractivity contribution in [3.05, 3.63) is 60.6 Å². The van der Waals surface area contributed by atoms with Gasteiger partial charge in [0.05, 0.1) is 36.7 Å². The summed E-state index contributed by atoms with van der Waals surface area (Å²) in [6.07, 6.45) is 3.58. The maximum absolute atomic E-state index is 12.5. The number of hydrogen-bond acceptors (Lipinski definition) is 5. The number of carbonyl (C=O) groups is 1. The number of benzene rings is 1. The Morgan fingerprint density at radius 2 is 1.96 bits per heavy atom. The quantitative estimate of drug-likeness (QED) is 0.719. The van der Waals surface area contributed by atoms with E-state index >= 15 is 0 Å². The Balaban J connectivity index is 1.43. The smallest absolute Gasteiger partial charge is 0.241 e. The molecule has 7 nitrogen and oxygen atoms in total. The first-order chi connectivity index (χ1) is 13.3. The van der Waals surface area contributed by atoms with Gasteiger partial charge in [-0.1, -0.05) is 24.3 Å². The molecule has 140 valence electrons. The molecule has 1 aromatic carbocycles. The number of aromatic nitrogens is 3. The van der Waals surface area contributed by atoms with Crippen LogP contribution in [0.1, 0.15) is 11.7 Å². The second-order valence-corrected chi connectivity index (χ2v) is 6.58. The number of morpholine rings is 1. The number of carbonyl (C=O) groups excluding carboxylic acids is 1. The van der Waals surface area contributed by atoms with Crippen LogP contribution >= 0.6 is 0 Å². The van der Waals surface area contributed by atoms with Crippen LogP contribution in [0.5, 0.6) is 0 Å². The Labute approximate surface area is 157 Å². The largest absolute Gasteiger partial charge is 0.379 e. The maximum Gasteiger partial charge on any atom is 0.241 e. The number of pyridine rings is 1. The van der Waals surface area contributed by atoms with Crippen molar-refractivity contribution in [1.29, 1.82) is 0 Å². The molecule has 0 bridgehead atoms. The molecular weight excluding hydrogens is 342 g/mol. The standard InChI is InChI=1S/C20H23N5O2/c26-20(15-25-18-7-2-1-5-16(18)13-23-25)22-14-19(17-6-3-4-8-21-17)24-9-11-27-12-10-24/h1-8,13,19H,9-12,14-15H2,(H,22,26)/t19-/m0/s1. The highest BCUT2D eigenvalue weighted by Crippen LogP contribution is 2.19. The number of nitrogens with zero attached hydrogens (tertiary/aromatic N) is 4. The van der Waals surface area contributed by atoms with Crippen molar-refractivity contribution in [2.24, 2.45) is 0 Å². The fourth-order valence-corrected chi connectivity index (χ4v) is 3.44. The Bertz CT molecular complexity index is 890. The number of ether oxygens (including phenoxy) is 1. The molecule has 0 spiro atoms. The topological polar surface area (TPSA) is 72.3 Å². The van der Waals surface area contributed by atoms with Crippen LogP contribution in [-0.4, -0.2) is 58.4 Å². The van der Waals surface area contributed by atoms with Gasteiger partial charge in [-0.2, -0.15) is 5.10 Å². The number of fused-ring (bicyclic) bond motifs is 1. The monoisotopic (exact) mass is 365 g/mol. The molecule has 7 heteroatoms. The highest BCUT2D eigenvalue weighted by Gasteiger charge is 2.24. The Kier molecular flexibility index (Phi) is 5.41. The van der Waals surface area contributed by atoms with Crippen molar-refractivity contribution in [1.82, 2.24) is 25.0 Å². The third-order valence-electron chi connectivity index (χ3n) is 4.85. The molecule has 0 unspecified atom stereocenters. The van der Waals surface area contributed by atoms with E-state index in [9.17, 15) is 4.79 Å². The number of para-hydroxylation sites is 1. The van der Waals surface area contributed by atoms with Crippen molar-refractivity contribution in [2.45, 2.75) is 12.6 Å². The first-order valence-corrected chi connectivity index (χ1v) is 9.21. The lowest BCUT2D eigenvalue weighted by Crippen LogP contribution is -2.44. The molecule has 27 heavy (non-hydrogen) atoms. The van der Waals surface area contributed by atoms with Gasteiger partial charge in [0.1, 0.15) is 6.54 Å². The van der Waals surface area contributed by atoms with Gasteiger partial charge in [0.25, 0.3) is 0 Å². The van der Waals surface area contributed by atoms with E-state index in [0.717, 1.165) is 29.7 Å². The summed E-state index contributed by atoms with van der Waals surface area (Å²) in [5, 5.41) is 8.42. The summed E-state index contributed by atoms with van der Waals surface area (Å²) in [7, 11) is 0. The molecule has 4 rings (SSSR count). The van der Waals surface area contributed by atoms with Crippen molar-refractivity contribution in [3.63, 3.8) is 0 Å². The normalized spacial score (nSPS) is 16.3. The third-order valence-corrected chi connectivity index (χ3v) is 4.85. The summed E-state index contributed by atoms with van der Waals surface area (Å²) in [6.45, 7) is 3.79. The summed E-state index contributed by atoms with van der Waals surface area (Å²) < 4.78 is 7.19. The predicted molar refractivity (Wildman–Crippen MR) is 102 cm³/mol. The van der Waals surface area contributed by atoms with Gasteiger partial charge < -0.3 is 10.1 Å². The Morgan fingerprint density at radius 1 is 1.15 bits per heavy atom. The van der Waals surface area contributed by atoms with E-state index in [1.54, 1.807) is 17.1 Å². The first kappa shape index (κ1) is 17.6. The van der Waals surface area contributed by atoms with E-state index in [1.165, 1.54) is 0 Å². The van der Waals surface area contributed by atoms with Crippen LogP contribution in [0.15, 0.2) is 54.9 Å². The second kappa shape index (κ2) is 8.28. The Morgan fingerprint density at radius 3 is 2.78 bits per heavy atom. The predicted octanol–water partition coefficient (Wildman–Crippen LogP) is 1.62. The zero-order valence-corrected chi connectivity index (χ0v) is 15.1. The van der Waals surface area contributed by atoms with Gasteiger partial charge in [0, 0.05) is 31.2 Å². The molecule has 1 saturated heterocycles. The lowest BCUT2D eigenvalue weighted by molar-refractivity contribution is -0.122. The summed E-state index contributed by atoms with van der Waals surface area (Å²) in [5.74, 6) is -0.0574. The second-order valence-electron chi connectivity index (χ2n) is 6.58. The van der Waals surface area contributed by atoms with Crippen LogP contribution in [0.25, 0.3) is 10.9 Å². The lowest BCUT2D eigenvalue weighted by Gasteiger charge is -2.34. The molecule has 1 amide bonds. The number of hydrogen-bond donors (Lipinski definition) is 1. The third kappa shape index (κ3) is 4.15. The summed E-state index contributed by atoms with van der Waals surface area (Å²) in [5.41, 5.74) is 1.92. The minimum absolute atomic E-state index is 0.0356. The zero-order chi connectivity index (χ0) is 18.5. The molecular formula is C20H23N5O2. The zero-order valence-electron chi connectivity index (χ0n) is 15.1. The fourth-order valence-electron chi connectivity index (χ4n) is 3.44. The summed E-state index contributed by atoms with van der Waals surface area (Å²) >= 11 is 0. The molecule has 0 aliphatic carbocycles.